The summed E-state index contributed by atoms with van der Waals surface area (Å²) in [5.41, 5.74) is 0.0900. The number of hydrogen-bond acceptors (Lipinski definition) is 4. The van der Waals surface area contributed by atoms with Crippen molar-refractivity contribution < 1.29 is 24.9 Å². The number of halogens is 1. The largest absolute Gasteiger partial charge is 0.478 e. The summed E-state index contributed by atoms with van der Waals surface area (Å²) in [4.78, 5) is 24.2. The quantitative estimate of drug-likeness (QED) is 0.613. The molecular formula is C12H15BrN2O5. The Morgan fingerprint density at radius 2 is 1.80 bits per heavy atom. The molecule has 0 unspecified atom stereocenters. The molecule has 0 aliphatic rings. The Bertz CT molecular complexity index is 489. The highest BCUT2D eigenvalue weighted by atomic mass is 79.9. The summed E-state index contributed by atoms with van der Waals surface area (Å²) in [7, 11) is 0. The highest BCUT2D eigenvalue weighted by Crippen LogP contribution is 2.22. The lowest BCUT2D eigenvalue weighted by Gasteiger charge is -2.21. The van der Waals surface area contributed by atoms with E-state index in [1.807, 2.05) is 0 Å². The van der Waals surface area contributed by atoms with Gasteiger partial charge in [0.05, 0.1) is 24.5 Å². The fourth-order valence-electron chi connectivity index (χ4n) is 1.56. The van der Waals surface area contributed by atoms with E-state index in [0.717, 1.165) is 0 Å². The van der Waals surface area contributed by atoms with Gasteiger partial charge in [-0.15, -0.1) is 0 Å². The van der Waals surface area contributed by atoms with Gasteiger partial charge in [0, 0.05) is 17.6 Å². The molecule has 0 spiro atoms. The van der Waals surface area contributed by atoms with Gasteiger partial charge in [0.15, 0.2) is 0 Å². The Hall–Kier alpha value is -1.64. The lowest BCUT2D eigenvalue weighted by Crippen LogP contribution is -2.39. The third-order valence-electron chi connectivity index (χ3n) is 2.48. The zero-order valence-corrected chi connectivity index (χ0v) is 12.1. The molecule has 0 fully saturated rings. The van der Waals surface area contributed by atoms with Gasteiger partial charge in [0.25, 0.3) is 0 Å². The van der Waals surface area contributed by atoms with Crippen LogP contribution in [0.15, 0.2) is 22.7 Å². The third kappa shape index (κ3) is 4.48. The van der Waals surface area contributed by atoms with Crippen molar-refractivity contribution in [1.82, 2.24) is 4.90 Å². The van der Waals surface area contributed by atoms with Crippen LogP contribution in [0.1, 0.15) is 10.4 Å². The number of nitrogens with one attached hydrogen (secondary N) is 1. The molecule has 0 saturated heterocycles. The van der Waals surface area contributed by atoms with E-state index in [2.05, 4.69) is 21.2 Å². The first kappa shape index (κ1) is 16.4. The summed E-state index contributed by atoms with van der Waals surface area (Å²) in [5.74, 6) is -1.16. The number of aliphatic hydroxyl groups excluding tert-OH is 2. The first-order valence-electron chi connectivity index (χ1n) is 5.80. The third-order valence-corrected chi connectivity index (χ3v) is 2.97. The molecule has 0 heterocycles. The fraction of sp³-hybridized carbons (Fsp3) is 0.333. The van der Waals surface area contributed by atoms with Crippen LogP contribution < -0.4 is 5.32 Å². The monoisotopic (exact) mass is 346 g/mol. The van der Waals surface area contributed by atoms with Crippen molar-refractivity contribution in [2.45, 2.75) is 0 Å². The lowest BCUT2D eigenvalue weighted by molar-refractivity contribution is 0.0698. The van der Waals surface area contributed by atoms with Crippen LogP contribution in [0.3, 0.4) is 0 Å². The Balaban J connectivity index is 2.93. The van der Waals surface area contributed by atoms with E-state index in [0.29, 0.717) is 4.47 Å². The number of nitrogens with zero attached hydrogens (tertiary/aromatic N) is 1. The fourth-order valence-corrected chi connectivity index (χ4v) is 1.92. The molecule has 0 bridgehead atoms. The predicted molar refractivity (Wildman–Crippen MR) is 75.9 cm³/mol. The maximum absolute atomic E-state index is 12.0. The minimum Gasteiger partial charge on any atom is -0.478 e. The van der Waals surface area contributed by atoms with Crippen LogP contribution in [0.25, 0.3) is 0 Å². The Labute approximate surface area is 124 Å². The molecule has 20 heavy (non-hydrogen) atoms. The van der Waals surface area contributed by atoms with Crippen molar-refractivity contribution in [3.8, 4) is 0 Å². The predicted octanol–water partition coefficient (Wildman–Crippen LogP) is 0.966. The van der Waals surface area contributed by atoms with E-state index in [-0.39, 0.29) is 37.6 Å². The minimum atomic E-state index is -1.16. The molecule has 1 rings (SSSR count). The van der Waals surface area contributed by atoms with Gasteiger partial charge in [0.1, 0.15) is 0 Å². The molecule has 0 saturated carbocycles. The van der Waals surface area contributed by atoms with Gasteiger partial charge in [-0.2, -0.15) is 0 Å². The van der Waals surface area contributed by atoms with Crippen molar-refractivity contribution in [1.29, 1.82) is 0 Å². The molecule has 2 amide bonds. The van der Waals surface area contributed by atoms with Crippen molar-refractivity contribution in [2.75, 3.05) is 31.6 Å². The zero-order chi connectivity index (χ0) is 15.1. The first-order valence-corrected chi connectivity index (χ1v) is 6.59. The highest BCUT2D eigenvalue weighted by Gasteiger charge is 2.17. The van der Waals surface area contributed by atoms with Crippen LogP contribution in [-0.2, 0) is 0 Å². The Kier molecular flexibility index (Phi) is 6.43. The molecule has 1 aromatic carbocycles. The summed E-state index contributed by atoms with van der Waals surface area (Å²) in [6.45, 7) is -0.416. The standard InChI is InChI=1S/C12H15BrN2O5/c13-8-1-2-9(11(18)19)10(7-8)14-12(20)15(3-5-16)4-6-17/h1-2,7,16-17H,3-6H2,(H,14,20)(H,18,19). The van der Waals surface area contributed by atoms with E-state index in [9.17, 15) is 9.59 Å². The number of aliphatic hydroxyl groups is 2. The molecule has 0 atom stereocenters. The van der Waals surface area contributed by atoms with Crippen LogP contribution >= 0.6 is 15.9 Å². The number of aromatic carboxylic acids is 1. The smallest absolute Gasteiger partial charge is 0.337 e. The van der Waals surface area contributed by atoms with Crippen molar-refractivity contribution in [3.05, 3.63) is 28.2 Å². The second kappa shape index (κ2) is 7.83. The molecule has 8 heteroatoms. The number of urea groups is 1. The average molecular weight is 347 g/mol. The van der Waals surface area contributed by atoms with Crippen LogP contribution in [0.2, 0.25) is 0 Å². The molecular weight excluding hydrogens is 332 g/mol. The summed E-state index contributed by atoms with van der Waals surface area (Å²) in [5, 5.41) is 29.2. The van der Waals surface area contributed by atoms with E-state index in [4.69, 9.17) is 15.3 Å². The van der Waals surface area contributed by atoms with Gasteiger partial charge in [-0.25, -0.2) is 9.59 Å². The summed E-state index contributed by atoms with van der Waals surface area (Å²) in [6.07, 6.45) is 0. The number of carboxylic acid groups (broad SMARTS) is 1. The van der Waals surface area contributed by atoms with E-state index in [1.54, 1.807) is 6.07 Å². The average Bonchev–Trinajstić information content (AvgIpc) is 2.38. The van der Waals surface area contributed by atoms with Crippen LogP contribution in [0, 0.1) is 0 Å². The van der Waals surface area contributed by atoms with Gasteiger partial charge in [-0.05, 0) is 18.2 Å². The van der Waals surface area contributed by atoms with Gasteiger partial charge in [-0.3, -0.25) is 0 Å². The number of carbonyl (C=O) groups is 2. The number of carbonyl (C=O) groups excluding carboxylic acids is 1. The lowest BCUT2D eigenvalue weighted by atomic mass is 10.2. The second-order valence-corrected chi connectivity index (χ2v) is 4.78. The highest BCUT2D eigenvalue weighted by molar-refractivity contribution is 9.10. The van der Waals surface area contributed by atoms with E-state index in [1.165, 1.54) is 17.0 Å². The number of benzene rings is 1. The molecule has 0 aliphatic heterocycles. The van der Waals surface area contributed by atoms with Gasteiger partial charge < -0.3 is 25.5 Å². The number of anilines is 1. The number of amides is 2. The SMILES string of the molecule is O=C(O)c1ccc(Br)cc1NC(=O)N(CCO)CCO. The van der Waals surface area contributed by atoms with Gasteiger partial charge >= 0.3 is 12.0 Å². The van der Waals surface area contributed by atoms with Crippen LogP contribution in [0.4, 0.5) is 10.5 Å². The van der Waals surface area contributed by atoms with Gasteiger partial charge in [-0.1, -0.05) is 15.9 Å². The normalized spacial score (nSPS) is 10.2. The molecule has 7 nitrogen and oxygen atoms in total. The molecule has 110 valence electrons. The maximum Gasteiger partial charge on any atom is 0.337 e. The van der Waals surface area contributed by atoms with Crippen molar-refractivity contribution >= 4 is 33.6 Å². The number of rotatable bonds is 6. The number of hydrogen-bond donors (Lipinski definition) is 4. The molecule has 1 aromatic rings. The molecule has 4 N–H and O–H groups in total. The van der Waals surface area contributed by atoms with E-state index >= 15 is 0 Å². The summed E-state index contributed by atoms with van der Waals surface area (Å²) < 4.78 is 0.619. The Morgan fingerprint density at radius 3 is 2.30 bits per heavy atom. The minimum absolute atomic E-state index is 0.0444. The van der Waals surface area contributed by atoms with Crippen molar-refractivity contribution in [2.24, 2.45) is 0 Å². The van der Waals surface area contributed by atoms with Gasteiger partial charge in [0.2, 0.25) is 0 Å². The first-order chi connectivity index (χ1) is 9.49. The second-order valence-electron chi connectivity index (χ2n) is 3.86. The maximum atomic E-state index is 12.0. The van der Waals surface area contributed by atoms with E-state index < -0.39 is 12.0 Å². The molecule has 0 aliphatic carbocycles. The van der Waals surface area contributed by atoms with Crippen LogP contribution in [0.5, 0.6) is 0 Å². The number of carboxylic acids is 1. The topological polar surface area (TPSA) is 110 Å². The van der Waals surface area contributed by atoms with Crippen LogP contribution in [-0.4, -0.2) is 58.5 Å². The summed E-state index contributed by atoms with van der Waals surface area (Å²) >= 11 is 3.20. The molecule has 0 aromatic heterocycles. The molecule has 0 radical (unpaired) electrons. The zero-order valence-electron chi connectivity index (χ0n) is 10.5. The summed E-state index contributed by atoms with van der Waals surface area (Å²) in [6, 6.07) is 3.80. The Morgan fingerprint density at radius 1 is 1.20 bits per heavy atom. The van der Waals surface area contributed by atoms with Crippen molar-refractivity contribution in [3.63, 3.8) is 0 Å².